The lowest BCUT2D eigenvalue weighted by atomic mass is 10.1. The van der Waals surface area contributed by atoms with E-state index in [4.69, 9.17) is 14.2 Å². The lowest BCUT2D eigenvalue weighted by molar-refractivity contribution is 0.174. The predicted molar refractivity (Wildman–Crippen MR) is 104 cm³/mol. The lowest BCUT2D eigenvalue weighted by Gasteiger charge is -2.05. The summed E-state index contributed by atoms with van der Waals surface area (Å²) in [6, 6.07) is 13.8. The number of azo groups is 1. The van der Waals surface area contributed by atoms with Crippen LogP contribution in [0.4, 0.5) is 5.13 Å². The van der Waals surface area contributed by atoms with Crippen molar-refractivity contribution < 1.29 is 14.2 Å². The van der Waals surface area contributed by atoms with Gasteiger partial charge in [-0.15, -0.1) is 16.5 Å². The average molecular weight is 381 g/mol. The molecule has 0 radical (unpaired) electrons. The van der Waals surface area contributed by atoms with Crippen molar-refractivity contribution in [2.45, 2.75) is 19.4 Å². The Morgan fingerprint density at radius 1 is 1.15 bits per heavy atom. The highest BCUT2D eigenvalue weighted by Gasteiger charge is 2.14. The molecule has 1 aliphatic rings. The summed E-state index contributed by atoms with van der Waals surface area (Å²) >= 11 is 1.48. The Labute approximate surface area is 161 Å². The van der Waals surface area contributed by atoms with Crippen molar-refractivity contribution >= 4 is 16.5 Å². The van der Waals surface area contributed by atoms with Crippen LogP contribution >= 0.6 is 11.3 Å². The maximum Gasteiger partial charge on any atom is 0.231 e. The van der Waals surface area contributed by atoms with E-state index in [-0.39, 0.29) is 12.8 Å². The Morgan fingerprint density at radius 3 is 2.78 bits per heavy atom. The van der Waals surface area contributed by atoms with Crippen molar-refractivity contribution in [3.63, 3.8) is 0 Å². The van der Waals surface area contributed by atoms with Crippen molar-refractivity contribution in [3.8, 4) is 28.5 Å². The molecule has 0 saturated heterocycles. The van der Waals surface area contributed by atoms with E-state index in [9.17, 15) is 0 Å². The predicted octanol–water partition coefficient (Wildman–Crippen LogP) is 5.26. The highest BCUT2D eigenvalue weighted by Crippen LogP contribution is 2.33. The van der Waals surface area contributed by atoms with E-state index < -0.39 is 0 Å². The molecule has 0 spiro atoms. The van der Waals surface area contributed by atoms with Crippen LogP contribution in [0.25, 0.3) is 11.3 Å². The minimum atomic E-state index is 0.0405. The molecule has 2 aromatic carbocycles. The van der Waals surface area contributed by atoms with Crippen LogP contribution in [0.1, 0.15) is 12.5 Å². The number of aromatic nitrogens is 1. The molecule has 0 N–H and O–H groups in total. The van der Waals surface area contributed by atoms with Crippen LogP contribution in [-0.4, -0.2) is 24.9 Å². The Morgan fingerprint density at radius 2 is 1.96 bits per heavy atom. The Kier molecular flexibility index (Phi) is 5.02. The summed E-state index contributed by atoms with van der Waals surface area (Å²) in [5.41, 5.74) is 3.06. The van der Waals surface area contributed by atoms with Crippen LogP contribution in [0.15, 0.2) is 58.1 Å². The molecule has 1 atom stereocenters. The molecule has 2 heterocycles. The Hall–Kier alpha value is -2.93. The molecule has 0 amide bonds. The molecule has 0 bridgehead atoms. The number of thiazole rings is 1. The molecule has 27 heavy (non-hydrogen) atoms. The number of benzene rings is 2. The third kappa shape index (κ3) is 4.09. The summed E-state index contributed by atoms with van der Waals surface area (Å²) in [5, 5.41) is 11.3. The molecule has 3 aromatic rings. The van der Waals surface area contributed by atoms with Crippen LogP contribution in [0, 0.1) is 0 Å². The van der Waals surface area contributed by atoms with Crippen molar-refractivity contribution in [1.29, 1.82) is 0 Å². The van der Waals surface area contributed by atoms with E-state index in [0.717, 1.165) is 40.5 Å². The van der Waals surface area contributed by atoms with Crippen molar-refractivity contribution in [1.82, 2.24) is 4.98 Å². The van der Waals surface area contributed by atoms with Gasteiger partial charge in [-0.25, -0.2) is 4.98 Å². The number of hydrogen-bond acceptors (Lipinski definition) is 7. The fourth-order valence-electron chi connectivity index (χ4n) is 2.80. The fourth-order valence-corrected chi connectivity index (χ4v) is 3.45. The first-order chi connectivity index (χ1) is 13.2. The van der Waals surface area contributed by atoms with E-state index >= 15 is 0 Å². The van der Waals surface area contributed by atoms with E-state index in [1.807, 2.05) is 54.8 Å². The molecule has 1 aliphatic heterocycles. The molecule has 138 valence electrons. The van der Waals surface area contributed by atoms with Crippen molar-refractivity contribution in [2.75, 3.05) is 13.9 Å². The zero-order valence-electron chi connectivity index (χ0n) is 15.1. The standard InChI is InChI=1S/C20H19N3O3S/c1-13(9-14-3-8-18-19(10-14)26-12-25-18)22-23-20-21-17(11-27-20)15-4-6-16(24-2)7-5-15/h3-8,10-11,13H,9,12H2,1-2H3. The van der Waals surface area contributed by atoms with Crippen LogP contribution in [-0.2, 0) is 6.42 Å². The highest BCUT2D eigenvalue weighted by atomic mass is 32.1. The minimum Gasteiger partial charge on any atom is -0.497 e. The first-order valence-corrected chi connectivity index (χ1v) is 9.48. The summed E-state index contributed by atoms with van der Waals surface area (Å²) < 4.78 is 15.9. The summed E-state index contributed by atoms with van der Waals surface area (Å²) in [6.07, 6.45) is 0.775. The molecular formula is C20H19N3O3S. The molecule has 1 aromatic heterocycles. The van der Waals surface area contributed by atoms with Gasteiger partial charge >= 0.3 is 0 Å². The van der Waals surface area contributed by atoms with Gasteiger partial charge in [0.25, 0.3) is 0 Å². The average Bonchev–Trinajstić information content (AvgIpc) is 3.35. The second kappa shape index (κ2) is 7.75. The second-order valence-corrected chi connectivity index (χ2v) is 7.04. The SMILES string of the molecule is COc1ccc(-c2csc(N=NC(C)Cc3ccc4c(c3)OCO4)n2)cc1. The molecule has 7 heteroatoms. The number of fused-ring (bicyclic) bond motifs is 1. The van der Waals surface area contributed by atoms with Crippen LogP contribution < -0.4 is 14.2 Å². The minimum absolute atomic E-state index is 0.0405. The van der Waals surface area contributed by atoms with Gasteiger partial charge in [-0.1, -0.05) is 6.07 Å². The largest absolute Gasteiger partial charge is 0.497 e. The Bertz CT molecular complexity index is 953. The van der Waals surface area contributed by atoms with E-state index in [2.05, 4.69) is 15.2 Å². The molecule has 0 aliphatic carbocycles. The highest BCUT2D eigenvalue weighted by molar-refractivity contribution is 7.13. The number of methoxy groups -OCH3 is 1. The summed E-state index contributed by atoms with van der Waals surface area (Å²) in [4.78, 5) is 4.54. The normalized spacial score (nSPS) is 13.9. The maximum absolute atomic E-state index is 5.42. The number of hydrogen-bond donors (Lipinski definition) is 0. The van der Waals surface area contributed by atoms with Crippen molar-refractivity contribution in [2.24, 2.45) is 10.2 Å². The van der Waals surface area contributed by atoms with E-state index in [1.54, 1.807) is 7.11 Å². The van der Waals surface area contributed by atoms with Gasteiger partial charge in [0.1, 0.15) is 5.75 Å². The molecule has 4 rings (SSSR count). The number of rotatable bonds is 6. The van der Waals surface area contributed by atoms with Crippen LogP contribution in [0.3, 0.4) is 0 Å². The van der Waals surface area contributed by atoms with Crippen molar-refractivity contribution in [3.05, 3.63) is 53.4 Å². The molecule has 0 fully saturated rings. The van der Waals surface area contributed by atoms with Gasteiger partial charge in [0, 0.05) is 10.9 Å². The molecule has 6 nitrogen and oxygen atoms in total. The smallest absolute Gasteiger partial charge is 0.231 e. The second-order valence-electron chi connectivity index (χ2n) is 6.20. The zero-order valence-corrected chi connectivity index (χ0v) is 15.9. The first kappa shape index (κ1) is 17.5. The van der Waals surface area contributed by atoms with Gasteiger partial charge in [0.2, 0.25) is 11.9 Å². The van der Waals surface area contributed by atoms with E-state index in [1.165, 1.54) is 11.3 Å². The number of nitrogens with zero attached hydrogens (tertiary/aromatic N) is 3. The lowest BCUT2D eigenvalue weighted by Crippen LogP contribution is -2.01. The van der Waals surface area contributed by atoms with Gasteiger partial charge in [-0.2, -0.15) is 5.11 Å². The quantitative estimate of drug-likeness (QED) is 0.546. The molecule has 0 saturated carbocycles. The van der Waals surface area contributed by atoms with Crippen LogP contribution in [0.5, 0.6) is 17.2 Å². The zero-order chi connectivity index (χ0) is 18.6. The van der Waals surface area contributed by atoms with Gasteiger partial charge in [-0.3, -0.25) is 0 Å². The van der Waals surface area contributed by atoms with Gasteiger partial charge in [-0.05, 0) is 55.3 Å². The molecule has 1 unspecified atom stereocenters. The molecular weight excluding hydrogens is 362 g/mol. The third-order valence-electron chi connectivity index (χ3n) is 4.19. The summed E-state index contributed by atoms with van der Waals surface area (Å²) in [7, 11) is 1.65. The van der Waals surface area contributed by atoms with Gasteiger partial charge in [0.05, 0.1) is 18.8 Å². The maximum atomic E-state index is 5.42. The van der Waals surface area contributed by atoms with E-state index in [0.29, 0.717) is 5.13 Å². The Balaban J connectivity index is 1.39. The summed E-state index contributed by atoms with van der Waals surface area (Å²) in [6.45, 7) is 2.32. The fraction of sp³-hybridized carbons (Fsp3) is 0.250. The van der Waals surface area contributed by atoms with Gasteiger partial charge < -0.3 is 14.2 Å². The monoisotopic (exact) mass is 381 g/mol. The first-order valence-electron chi connectivity index (χ1n) is 8.60. The van der Waals surface area contributed by atoms with Gasteiger partial charge in [0.15, 0.2) is 11.5 Å². The number of ether oxygens (including phenoxy) is 3. The third-order valence-corrected chi connectivity index (χ3v) is 4.91. The topological polar surface area (TPSA) is 65.3 Å². The summed E-state index contributed by atoms with van der Waals surface area (Å²) in [5.74, 6) is 2.41. The van der Waals surface area contributed by atoms with Crippen LogP contribution in [0.2, 0.25) is 0 Å².